The summed E-state index contributed by atoms with van der Waals surface area (Å²) in [5, 5.41) is 2.84. The summed E-state index contributed by atoms with van der Waals surface area (Å²) in [6.45, 7) is 1.63. The van der Waals surface area contributed by atoms with Gasteiger partial charge in [-0.3, -0.25) is 4.79 Å². The van der Waals surface area contributed by atoms with Crippen LogP contribution in [0, 0.1) is 0 Å². The Labute approximate surface area is 141 Å². The number of carbonyl (C=O) groups excluding carboxylic acids is 2. The highest BCUT2D eigenvalue weighted by atomic mass is 16.5. The molecule has 0 atom stereocenters. The summed E-state index contributed by atoms with van der Waals surface area (Å²) < 4.78 is 4.69. The number of nitrogens with zero attached hydrogens (tertiary/aromatic N) is 1. The molecule has 0 bridgehead atoms. The van der Waals surface area contributed by atoms with Crippen molar-refractivity contribution in [2.45, 2.75) is 12.8 Å². The fourth-order valence-corrected chi connectivity index (χ4v) is 2.94. The van der Waals surface area contributed by atoms with E-state index in [-0.39, 0.29) is 5.91 Å². The molecule has 0 spiro atoms. The number of nitrogens with one attached hydrogen (secondary N) is 1. The minimum Gasteiger partial charge on any atom is -0.465 e. The molecule has 24 heavy (non-hydrogen) atoms. The average molecular weight is 324 g/mol. The zero-order valence-electron chi connectivity index (χ0n) is 13.6. The van der Waals surface area contributed by atoms with Crippen molar-refractivity contribution < 1.29 is 14.3 Å². The molecule has 0 radical (unpaired) electrons. The summed E-state index contributed by atoms with van der Waals surface area (Å²) in [5.74, 6) is -0.485. The number of benzene rings is 2. The normalized spacial score (nSPS) is 12.6. The number of anilines is 2. The van der Waals surface area contributed by atoms with Gasteiger partial charge < -0.3 is 15.0 Å². The highest BCUT2D eigenvalue weighted by Gasteiger charge is 2.18. The molecule has 1 aliphatic rings. The van der Waals surface area contributed by atoms with E-state index < -0.39 is 5.97 Å². The third-order valence-electron chi connectivity index (χ3n) is 4.16. The molecule has 1 amide bonds. The van der Waals surface area contributed by atoms with Gasteiger partial charge in [-0.2, -0.15) is 0 Å². The SMILES string of the molecule is COC(=O)c1cccc(NC(=O)CCN2CCc3ccccc32)c1. The van der Waals surface area contributed by atoms with Crippen LogP contribution in [0.3, 0.4) is 0 Å². The first-order valence-electron chi connectivity index (χ1n) is 7.98. The molecule has 0 saturated heterocycles. The smallest absolute Gasteiger partial charge is 0.337 e. The fourth-order valence-electron chi connectivity index (χ4n) is 2.94. The quantitative estimate of drug-likeness (QED) is 0.859. The molecule has 1 aliphatic heterocycles. The van der Waals surface area contributed by atoms with Crippen molar-refractivity contribution in [3.63, 3.8) is 0 Å². The number of rotatable bonds is 5. The number of hydrogen-bond donors (Lipinski definition) is 1. The monoisotopic (exact) mass is 324 g/mol. The Morgan fingerprint density at radius 1 is 1.17 bits per heavy atom. The molecule has 3 rings (SSSR count). The number of ether oxygens (including phenoxy) is 1. The molecule has 124 valence electrons. The second-order valence-corrected chi connectivity index (χ2v) is 5.74. The van der Waals surface area contributed by atoms with E-state index in [0.29, 0.717) is 24.2 Å². The number of carbonyl (C=O) groups is 2. The van der Waals surface area contributed by atoms with Gasteiger partial charge in [0, 0.05) is 30.9 Å². The van der Waals surface area contributed by atoms with E-state index in [4.69, 9.17) is 0 Å². The topological polar surface area (TPSA) is 58.6 Å². The molecule has 0 unspecified atom stereocenters. The predicted molar refractivity (Wildman–Crippen MR) is 93.4 cm³/mol. The van der Waals surface area contributed by atoms with Gasteiger partial charge in [-0.05, 0) is 36.2 Å². The van der Waals surface area contributed by atoms with Crippen molar-refractivity contribution in [2.24, 2.45) is 0 Å². The lowest BCUT2D eigenvalue weighted by Gasteiger charge is -2.19. The van der Waals surface area contributed by atoms with Crippen LogP contribution in [-0.2, 0) is 16.0 Å². The minimum absolute atomic E-state index is 0.0682. The molecule has 5 heteroatoms. The summed E-state index contributed by atoms with van der Waals surface area (Å²) in [6.07, 6.45) is 1.43. The Morgan fingerprint density at radius 2 is 2.00 bits per heavy atom. The van der Waals surface area contributed by atoms with Crippen LogP contribution in [0.15, 0.2) is 48.5 Å². The lowest BCUT2D eigenvalue weighted by atomic mass is 10.2. The Balaban J connectivity index is 1.56. The van der Waals surface area contributed by atoms with Gasteiger partial charge in [0.1, 0.15) is 0 Å². The van der Waals surface area contributed by atoms with Gasteiger partial charge in [0.2, 0.25) is 5.91 Å². The highest BCUT2D eigenvalue weighted by molar-refractivity contribution is 5.94. The van der Waals surface area contributed by atoms with Crippen LogP contribution >= 0.6 is 0 Å². The van der Waals surface area contributed by atoms with E-state index in [0.717, 1.165) is 13.0 Å². The van der Waals surface area contributed by atoms with E-state index in [9.17, 15) is 9.59 Å². The van der Waals surface area contributed by atoms with E-state index in [1.807, 2.05) is 12.1 Å². The van der Waals surface area contributed by atoms with Gasteiger partial charge in [-0.15, -0.1) is 0 Å². The molecule has 2 aromatic carbocycles. The summed E-state index contributed by atoms with van der Waals surface area (Å²) >= 11 is 0. The first-order valence-corrected chi connectivity index (χ1v) is 7.98. The maximum Gasteiger partial charge on any atom is 0.337 e. The number of hydrogen-bond acceptors (Lipinski definition) is 4. The maximum absolute atomic E-state index is 12.2. The van der Waals surface area contributed by atoms with Gasteiger partial charge in [-0.25, -0.2) is 4.79 Å². The van der Waals surface area contributed by atoms with Crippen LogP contribution < -0.4 is 10.2 Å². The standard InChI is InChI=1S/C19H20N2O3/c1-24-19(23)15-6-4-7-16(13-15)20-18(22)10-12-21-11-9-14-5-2-3-8-17(14)21/h2-8,13H,9-12H2,1H3,(H,20,22). The molecule has 2 aromatic rings. The van der Waals surface area contributed by atoms with Gasteiger partial charge >= 0.3 is 5.97 Å². The van der Waals surface area contributed by atoms with Crippen molar-refractivity contribution >= 4 is 23.3 Å². The number of esters is 1. The van der Waals surface area contributed by atoms with E-state index in [1.54, 1.807) is 24.3 Å². The van der Waals surface area contributed by atoms with Gasteiger partial charge in [0.05, 0.1) is 12.7 Å². The van der Waals surface area contributed by atoms with E-state index in [2.05, 4.69) is 27.1 Å². The Kier molecular flexibility index (Phi) is 4.79. The zero-order chi connectivity index (χ0) is 16.9. The van der Waals surface area contributed by atoms with Gasteiger partial charge in [0.25, 0.3) is 0 Å². The lowest BCUT2D eigenvalue weighted by molar-refractivity contribution is -0.116. The third kappa shape index (κ3) is 3.56. The number of methoxy groups -OCH3 is 1. The largest absolute Gasteiger partial charge is 0.465 e. The summed E-state index contributed by atoms with van der Waals surface area (Å²) in [5.41, 5.74) is 3.58. The lowest BCUT2D eigenvalue weighted by Crippen LogP contribution is -2.26. The van der Waals surface area contributed by atoms with Gasteiger partial charge in [-0.1, -0.05) is 24.3 Å². The van der Waals surface area contributed by atoms with Crippen molar-refractivity contribution in [1.29, 1.82) is 0 Å². The van der Waals surface area contributed by atoms with Crippen LogP contribution in [-0.4, -0.2) is 32.1 Å². The second kappa shape index (κ2) is 7.17. The molecule has 0 saturated carbocycles. The zero-order valence-corrected chi connectivity index (χ0v) is 13.6. The van der Waals surface area contributed by atoms with Crippen molar-refractivity contribution in [2.75, 3.05) is 30.4 Å². The first kappa shape index (κ1) is 16.1. The molecule has 1 N–H and O–H groups in total. The fraction of sp³-hybridized carbons (Fsp3) is 0.263. The number of fused-ring (bicyclic) bond motifs is 1. The van der Waals surface area contributed by atoms with Crippen LogP contribution in [0.5, 0.6) is 0 Å². The summed E-state index contributed by atoms with van der Waals surface area (Å²) in [6, 6.07) is 15.1. The molecule has 5 nitrogen and oxygen atoms in total. The van der Waals surface area contributed by atoms with Crippen LogP contribution in [0.25, 0.3) is 0 Å². The third-order valence-corrected chi connectivity index (χ3v) is 4.16. The molecule has 1 heterocycles. The van der Waals surface area contributed by atoms with Crippen LogP contribution in [0.2, 0.25) is 0 Å². The van der Waals surface area contributed by atoms with Gasteiger partial charge in [0.15, 0.2) is 0 Å². The summed E-state index contributed by atoms with van der Waals surface area (Å²) in [4.78, 5) is 25.9. The van der Waals surface area contributed by atoms with Crippen LogP contribution in [0.4, 0.5) is 11.4 Å². The maximum atomic E-state index is 12.2. The van der Waals surface area contributed by atoms with Crippen molar-refractivity contribution in [3.05, 3.63) is 59.7 Å². The number of amides is 1. The number of para-hydroxylation sites is 1. The summed E-state index contributed by atoms with van der Waals surface area (Å²) in [7, 11) is 1.33. The Morgan fingerprint density at radius 3 is 2.83 bits per heavy atom. The molecule has 0 aliphatic carbocycles. The highest BCUT2D eigenvalue weighted by Crippen LogP contribution is 2.27. The first-order chi connectivity index (χ1) is 11.7. The van der Waals surface area contributed by atoms with E-state index >= 15 is 0 Å². The predicted octanol–water partition coefficient (Wildman–Crippen LogP) is 2.86. The average Bonchev–Trinajstić information content (AvgIpc) is 3.03. The van der Waals surface area contributed by atoms with Crippen molar-refractivity contribution in [3.8, 4) is 0 Å². The van der Waals surface area contributed by atoms with Crippen LogP contribution in [0.1, 0.15) is 22.3 Å². The molecular formula is C19H20N2O3. The van der Waals surface area contributed by atoms with Crippen molar-refractivity contribution in [1.82, 2.24) is 0 Å². The Bertz CT molecular complexity index is 758. The molecule has 0 aromatic heterocycles. The second-order valence-electron chi connectivity index (χ2n) is 5.74. The van der Waals surface area contributed by atoms with E-state index in [1.165, 1.54) is 18.4 Å². The molecule has 0 fully saturated rings. The Hall–Kier alpha value is -2.82. The minimum atomic E-state index is -0.417. The molecular weight excluding hydrogens is 304 g/mol.